The second-order valence-corrected chi connectivity index (χ2v) is 4.76. The van der Waals surface area contributed by atoms with Gasteiger partial charge in [0, 0.05) is 19.3 Å². The molecule has 3 nitrogen and oxygen atoms in total. The summed E-state index contributed by atoms with van der Waals surface area (Å²) in [5.41, 5.74) is 2.48. The van der Waals surface area contributed by atoms with Gasteiger partial charge in [0.05, 0.1) is 7.11 Å². The molecule has 110 valence electrons. The maximum Gasteiger partial charge on any atom is 0.330 e. The van der Waals surface area contributed by atoms with E-state index in [-0.39, 0.29) is 5.97 Å². The van der Waals surface area contributed by atoms with Crippen molar-refractivity contribution in [3.63, 3.8) is 0 Å². The topological polar surface area (TPSA) is 35.5 Å². The Balaban J connectivity index is 3.74. The van der Waals surface area contributed by atoms with Gasteiger partial charge < -0.3 is 9.47 Å². The highest BCUT2D eigenvalue weighted by molar-refractivity contribution is 5.82. The summed E-state index contributed by atoms with van der Waals surface area (Å²) in [5.74, 6) is -0.269. The first-order valence-corrected chi connectivity index (χ1v) is 7.08. The second kappa shape index (κ2) is 12.0. The van der Waals surface area contributed by atoms with E-state index in [1.54, 1.807) is 6.08 Å². The molecule has 0 heterocycles. The maximum atomic E-state index is 11.0. The van der Waals surface area contributed by atoms with Crippen LogP contribution in [0.4, 0.5) is 0 Å². The Bertz CT molecular complexity index is 303. The Hall–Kier alpha value is -1.09. The number of methoxy groups -OCH3 is 1. The molecule has 0 aliphatic heterocycles. The molecule has 0 aliphatic carbocycles. The summed E-state index contributed by atoms with van der Waals surface area (Å²) in [7, 11) is 1.40. The van der Waals surface area contributed by atoms with Gasteiger partial charge in [-0.25, -0.2) is 4.79 Å². The zero-order valence-electron chi connectivity index (χ0n) is 12.8. The summed E-state index contributed by atoms with van der Waals surface area (Å²) >= 11 is 0. The summed E-state index contributed by atoms with van der Waals surface area (Å²) in [6.45, 7) is 7.82. The number of hydrogen-bond donors (Lipinski definition) is 0. The van der Waals surface area contributed by atoms with Crippen LogP contribution in [0.5, 0.6) is 0 Å². The molecule has 19 heavy (non-hydrogen) atoms. The van der Waals surface area contributed by atoms with Crippen molar-refractivity contribution in [2.45, 2.75) is 52.9 Å². The Morgan fingerprint density at radius 1 is 1.11 bits per heavy atom. The van der Waals surface area contributed by atoms with Gasteiger partial charge in [-0.15, -0.1) is 0 Å². The van der Waals surface area contributed by atoms with E-state index in [4.69, 9.17) is 4.74 Å². The van der Waals surface area contributed by atoms with Crippen LogP contribution in [0.2, 0.25) is 0 Å². The van der Waals surface area contributed by atoms with Crippen LogP contribution in [0.3, 0.4) is 0 Å². The second-order valence-electron chi connectivity index (χ2n) is 4.76. The van der Waals surface area contributed by atoms with Crippen molar-refractivity contribution in [1.29, 1.82) is 0 Å². The molecule has 0 amide bonds. The third-order valence-corrected chi connectivity index (χ3v) is 2.91. The monoisotopic (exact) mass is 268 g/mol. The van der Waals surface area contributed by atoms with Crippen LogP contribution in [0, 0.1) is 0 Å². The van der Waals surface area contributed by atoms with Gasteiger partial charge in [-0.1, -0.05) is 17.2 Å². The number of allylic oxidation sites excluding steroid dienone is 3. The van der Waals surface area contributed by atoms with Gasteiger partial charge >= 0.3 is 5.97 Å². The number of carbonyl (C=O) groups is 1. The first kappa shape index (κ1) is 17.9. The van der Waals surface area contributed by atoms with E-state index in [1.165, 1.54) is 19.1 Å². The standard InChI is InChI=1S/C16H28O3/c1-5-19-12-7-6-9-14(2)10-8-11-15(3)13-16(17)18-4/h10,13H,5-9,11-12H2,1-4H3/b14-10+,15-13+. The Morgan fingerprint density at radius 2 is 1.84 bits per heavy atom. The number of esters is 1. The third kappa shape index (κ3) is 11.7. The third-order valence-electron chi connectivity index (χ3n) is 2.91. The number of ether oxygens (including phenoxy) is 2. The fourth-order valence-corrected chi connectivity index (χ4v) is 1.73. The highest BCUT2D eigenvalue weighted by atomic mass is 16.5. The van der Waals surface area contributed by atoms with E-state index in [2.05, 4.69) is 17.7 Å². The van der Waals surface area contributed by atoms with Gasteiger partial charge in [-0.05, 0) is 52.9 Å². The van der Waals surface area contributed by atoms with E-state index in [1.807, 2.05) is 13.8 Å². The smallest absolute Gasteiger partial charge is 0.330 e. The number of rotatable bonds is 10. The average molecular weight is 268 g/mol. The fraction of sp³-hybridized carbons (Fsp3) is 0.688. The van der Waals surface area contributed by atoms with Crippen LogP contribution in [0.25, 0.3) is 0 Å². The molecule has 0 radical (unpaired) electrons. The molecule has 0 rings (SSSR count). The average Bonchev–Trinajstić information content (AvgIpc) is 2.38. The molecule has 3 heteroatoms. The highest BCUT2D eigenvalue weighted by Gasteiger charge is 1.97. The van der Waals surface area contributed by atoms with Crippen LogP contribution >= 0.6 is 0 Å². The van der Waals surface area contributed by atoms with Crippen LogP contribution < -0.4 is 0 Å². The summed E-state index contributed by atoms with van der Waals surface area (Å²) in [6.07, 6.45) is 9.15. The minimum absolute atomic E-state index is 0.269. The van der Waals surface area contributed by atoms with Crippen LogP contribution in [0.1, 0.15) is 52.9 Å². The van der Waals surface area contributed by atoms with Crippen molar-refractivity contribution >= 4 is 5.97 Å². The molecule has 0 N–H and O–H groups in total. The SMILES string of the molecule is CCOCCCC/C(C)=C/CC/C(C)=C/C(=O)OC. The summed E-state index contributed by atoms with van der Waals surface area (Å²) in [6, 6.07) is 0. The van der Waals surface area contributed by atoms with E-state index in [9.17, 15) is 4.79 Å². The molecule has 0 saturated heterocycles. The molecular formula is C16H28O3. The number of carbonyl (C=O) groups excluding carboxylic acids is 1. The Morgan fingerprint density at radius 3 is 2.47 bits per heavy atom. The molecule has 0 aromatic carbocycles. The summed E-state index contributed by atoms with van der Waals surface area (Å²) < 4.78 is 9.90. The van der Waals surface area contributed by atoms with Crippen LogP contribution in [-0.2, 0) is 14.3 Å². The first-order chi connectivity index (χ1) is 9.10. The van der Waals surface area contributed by atoms with Crippen molar-refractivity contribution in [2.75, 3.05) is 20.3 Å². The summed E-state index contributed by atoms with van der Waals surface area (Å²) in [4.78, 5) is 11.0. The van der Waals surface area contributed by atoms with Crippen LogP contribution in [0.15, 0.2) is 23.3 Å². The minimum atomic E-state index is -0.269. The molecule has 0 unspecified atom stereocenters. The quantitative estimate of drug-likeness (QED) is 0.260. The lowest BCUT2D eigenvalue weighted by atomic mass is 10.1. The lowest BCUT2D eigenvalue weighted by Gasteiger charge is -2.03. The largest absolute Gasteiger partial charge is 0.466 e. The molecular weight excluding hydrogens is 240 g/mol. The van der Waals surface area contributed by atoms with E-state index in [0.29, 0.717) is 0 Å². The summed E-state index contributed by atoms with van der Waals surface area (Å²) in [5, 5.41) is 0. The number of hydrogen-bond acceptors (Lipinski definition) is 3. The minimum Gasteiger partial charge on any atom is -0.466 e. The normalized spacial score (nSPS) is 12.6. The van der Waals surface area contributed by atoms with Crippen molar-refractivity contribution in [3.8, 4) is 0 Å². The van der Waals surface area contributed by atoms with Gasteiger partial charge in [-0.2, -0.15) is 0 Å². The Labute approximate surface area is 117 Å². The first-order valence-electron chi connectivity index (χ1n) is 7.08. The lowest BCUT2D eigenvalue weighted by molar-refractivity contribution is -0.134. The zero-order chi connectivity index (χ0) is 14.5. The zero-order valence-corrected chi connectivity index (χ0v) is 12.8. The van der Waals surface area contributed by atoms with Crippen molar-refractivity contribution in [2.24, 2.45) is 0 Å². The number of unbranched alkanes of at least 4 members (excludes halogenated alkanes) is 1. The molecule has 0 aromatic heterocycles. The molecule has 0 aliphatic rings. The van der Waals surface area contributed by atoms with E-state index >= 15 is 0 Å². The lowest BCUT2D eigenvalue weighted by Crippen LogP contribution is -1.95. The van der Waals surface area contributed by atoms with Gasteiger partial charge in [0.15, 0.2) is 0 Å². The predicted octanol–water partition coefficient (Wildman–Crippen LogP) is 4.04. The van der Waals surface area contributed by atoms with Gasteiger partial charge in [-0.3, -0.25) is 0 Å². The van der Waals surface area contributed by atoms with E-state index in [0.717, 1.165) is 44.5 Å². The molecule has 0 saturated carbocycles. The maximum absolute atomic E-state index is 11.0. The molecule has 0 fully saturated rings. The van der Waals surface area contributed by atoms with Gasteiger partial charge in [0.1, 0.15) is 0 Å². The highest BCUT2D eigenvalue weighted by Crippen LogP contribution is 2.11. The van der Waals surface area contributed by atoms with Crippen molar-refractivity contribution < 1.29 is 14.3 Å². The van der Waals surface area contributed by atoms with E-state index < -0.39 is 0 Å². The molecule has 0 spiro atoms. The molecule has 0 bridgehead atoms. The van der Waals surface area contributed by atoms with Gasteiger partial charge in [0.25, 0.3) is 0 Å². The van der Waals surface area contributed by atoms with Crippen LogP contribution in [-0.4, -0.2) is 26.3 Å². The molecule has 0 aromatic rings. The fourth-order valence-electron chi connectivity index (χ4n) is 1.73. The predicted molar refractivity (Wildman–Crippen MR) is 79.1 cm³/mol. The van der Waals surface area contributed by atoms with Crippen molar-refractivity contribution in [3.05, 3.63) is 23.3 Å². The van der Waals surface area contributed by atoms with Crippen molar-refractivity contribution in [1.82, 2.24) is 0 Å². The van der Waals surface area contributed by atoms with Gasteiger partial charge in [0.2, 0.25) is 0 Å². The molecule has 0 atom stereocenters. The Kier molecular flexibility index (Phi) is 11.3.